The minimum atomic E-state index is 0.592. The zero-order valence-corrected chi connectivity index (χ0v) is 10.8. The maximum atomic E-state index is 5.38. The molecule has 3 heteroatoms. The molecule has 2 N–H and O–H groups in total. The van der Waals surface area contributed by atoms with E-state index < -0.39 is 0 Å². The van der Waals surface area contributed by atoms with Gasteiger partial charge in [0.2, 0.25) is 0 Å². The second-order valence-electron chi connectivity index (χ2n) is 4.73. The fourth-order valence-electron chi connectivity index (χ4n) is 2.28. The first-order valence-corrected chi connectivity index (χ1v) is 6.41. The van der Waals surface area contributed by atoms with E-state index in [-0.39, 0.29) is 0 Å². The van der Waals surface area contributed by atoms with Crippen molar-refractivity contribution in [2.24, 2.45) is 0 Å². The highest BCUT2D eigenvalue weighted by Gasteiger charge is 2.12. The van der Waals surface area contributed by atoms with Crippen molar-refractivity contribution in [3.63, 3.8) is 0 Å². The van der Waals surface area contributed by atoms with Crippen LogP contribution in [-0.2, 0) is 0 Å². The van der Waals surface area contributed by atoms with Crippen molar-refractivity contribution in [2.75, 3.05) is 25.5 Å². The number of aryl methyl sites for hydroxylation is 1. The fraction of sp³-hybridized carbons (Fsp3) is 0.571. The summed E-state index contributed by atoms with van der Waals surface area (Å²) in [4.78, 5) is 0. The Morgan fingerprint density at radius 3 is 3.00 bits per heavy atom. The van der Waals surface area contributed by atoms with E-state index in [1.54, 1.807) is 7.11 Å². The summed E-state index contributed by atoms with van der Waals surface area (Å²) in [6.07, 6.45) is 3.91. The third-order valence-electron chi connectivity index (χ3n) is 3.31. The molecule has 0 spiro atoms. The molecule has 1 aromatic carbocycles. The molecule has 2 rings (SSSR count). The molecule has 1 saturated heterocycles. The highest BCUT2D eigenvalue weighted by molar-refractivity contribution is 5.57. The first-order valence-electron chi connectivity index (χ1n) is 6.41. The average Bonchev–Trinajstić information content (AvgIpc) is 2.38. The lowest BCUT2D eigenvalue weighted by Crippen LogP contribution is -2.39. The van der Waals surface area contributed by atoms with Crippen LogP contribution in [0.2, 0.25) is 0 Å². The van der Waals surface area contributed by atoms with Crippen molar-refractivity contribution in [3.8, 4) is 5.75 Å². The first-order chi connectivity index (χ1) is 8.29. The van der Waals surface area contributed by atoms with Gasteiger partial charge in [0, 0.05) is 12.6 Å². The number of hydrogen-bond donors (Lipinski definition) is 2. The van der Waals surface area contributed by atoms with Gasteiger partial charge in [-0.3, -0.25) is 0 Å². The van der Waals surface area contributed by atoms with Gasteiger partial charge in [-0.2, -0.15) is 0 Å². The molecule has 0 aliphatic carbocycles. The largest absolute Gasteiger partial charge is 0.495 e. The summed E-state index contributed by atoms with van der Waals surface area (Å²) in [5, 5.41) is 7.01. The number of ether oxygens (including phenoxy) is 1. The molecule has 1 aliphatic heterocycles. The number of methoxy groups -OCH3 is 1. The summed E-state index contributed by atoms with van der Waals surface area (Å²) in [5.41, 5.74) is 2.31. The van der Waals surface area contributed by atoms with E-state index in [2.05, 4.69) is 35.8 Å². The highest BCUT2D eigenvalue weighted by atomic mass is 16.5. The van der Waals surface area contributed by atoms with E-state index in [1.807, 2.05) is 0 Å². The normalized spacial score (nSPS) is 20.0. The molecule has 1 fully saturated rings. The molecule has 94 valence electrons. The van der Waals surface area contributed by atoms with Gasteiger partial charge in [0.15, 0.2) is 0 Å². The van der Waals surface area contributed by atoms with E-state index in [1.165, 1.54) is 24.8 Å². The van der Waals surface area contributed by atoms with Gasteiger partial charge in [-0.25, -0.2) is 0 Å². The number of hydrogen-bond acceptors (Lipinski definition) is 3. The van der Waals surface area contributed by atoms with Gasteiger partial charge in [0.05, 0.1) is 12.8 Å². The Kier molecular flexibility index (Phi) is 4.26. The molecule has 1 aromatic rings. The van der Waals surface area contributed by atoms with Crippen molar-refractivity contribution < 1.29 is 4.74 Å². The standard InChI is InChI=1S/C14H22N2O/c1-11-6-7-13(14(9-11)17-2)16-10-12-5-3-4-8-15-12/h6-7,9,12,15-16H,3-5,8,10H2,1-2H3. The van der Waals surface area contributed by atoms with Gasteiger partial charge in [0.1, 0.15) is 5.75 Å². The highest BCUT2D eigenvalue weighted by Crippen LogP contribution is 2.25. The monoisotopic (exact) mass is 234 g/mol. The predicted octanol–water partition coefficient (Wildman–Crippen LogP) is 2.56. The van der Waals surface area contributed by atoms with E-state index >= 15 is 0 Å². The molecule has 1 unspecified atom stereocenters. The molecule has 1 aliphatic rings. The molecule has 3 nitrogen and oxygen atoms in total. The van der Waals surface area contributed by atoms with E-state index in [9.17, 15) is 0 Å². The number of piperidine rings is 1. The van der Waals surface area contributed by atoms with Crippen LogP contribution in [0.5, 0.6) is 5.75 Å². The molecule has 0 saturated carbocycles. The van der Waals surface area contributed by atoms with Crippen LogP contribution in [-0.4, -0.2) is 26.2 Å². The lowest BCUT2D eigenvalue weighted by atomic mass is 10.1. The first kappa shape index (κ1) is 12.2. The molecule has 0 bridgehead atoms. The zero-order chi connectivity index (χ0) is 12.1. The number of nitrogens with one attached hydrogen (secondary N) is 2. The molecule has 0 radical (unpaired) electrons. The van der Waals surface area contributed by atoms with Crippen LogP contribution < -0.4 is 15.4 Å². The maximum Gasteiger partial charge on any atom is 0.142 e. The topological polar surface area (TPSA) is 33.3 Å². The van der Waals surface area contributed by atoms with Crippen LogP contribution in [0.3, 0.4) is 0 Å². The van der Waals surface area contributed by atoms with Crippen molar-refractivity contribution >= 4 is 5.69 Å². The van der Waals surface area contributed by atoms with Crippen molar-refractivity contribution in [1.29, 1.82) is 0 Å². The van der Waals surface area contributed by atoms with Crippen LogP contribution in [0.25, 0.3) is 0 Å². The quantitative estimate of drug-likeness (QED) is 0.840. The van der Waals surface area contributed by atoms with Crippen LogP contribution in [0.1, 0.15) is 24.8 Å². The third-order valence-corrected chi connectivity index (χ3v) is 3.31. The van der Waals surface area contributed by atoms with Gasteiger partial charge in [-0.1, -0.05) is 12.5 Å². The van der Waals surface area contributed by atoms with Crippen molar-refractivity contribution in [1.82, 2.24) is 5.32 Å². The Hall–Kier alpha value is -1.22. The summed E-state index contributed by atoms with van der Waals surface area (Å²) >= 11 is 0. The molecular formula is C14H22N2O. The molecule has 17 heavy (non-hydrogen) atoms. The Bertz CT molecular complexity index is 359. The molecular weight excluding hydrogens is 212 g/mol. The molecule has 0 amide bonds. The molecule has 0 aromatic heterocycles. The lowest BCUT2D eigenvalue weighted by Gasteiger charge is -2.24. The molecule has 1 heterocycles. The summed E-state index contributed by atoms with van der Waals surface area (Å²) in [5.74, 6) is 0.931. The second-order valence-corrected chi connectivity index (χ2v) is 4.73. The van der Waals surface area contributed by atoms with E-state index in [4.69, 9.17) is 4.74 Å². The fourth-order valence-corrected chi connectivity index (χ4v) is 2.28. The lowest BCUT2D eigenvalue weighted by molar-refractivity contribution is 0.407. The van der Waals surface area contributed by atoms with Crippen LogP contribution in [0.15, 0.2) is 18.2 Å². The van der Waals surface area contributed by atoms with Gasteiger partial charge in [-0.05, 0) is 44.0 Å². The van der Waals surface area contributed by atoms with Crippen molar-refractivity contribution in [3.05, 3.63) is 23.8 Å². The smallest absolute Gasteiger partial charge is 0.142 e. The van der Waals surface area contributed by atoms with Crippen molar-refractivity contribution in [2.45, 2.75) is 32.2 Å². The second kappa shape index (κ2) is 5.92. The summed E-state index contributed by atoms with van der Waals surface area (Å²) in [7, 11) is 1.72. The minimum absolute atomic E-state index is 0.592. The summed E-state index contributed by atoms with van der Waals surface area (Å²) in [6.45, 7) is 4.20. The Labute approximate surface area is 104 Å². The van der Waals surface area contributed by atoms with Gasteiger partial charge in [0.25, 0.3) is 0 Å². The van der Waals surface area contributed by atoms with Crippen LogP contribution >= 0.6 is 0 Å². The summed E-state index contributed by atoms with van der Waals surface area (Å²) < 4.78 is 5.38. The zero-order valence-electron chi connectivity index (χ0n) is 10.8. The Balaban J connectivity index is 1.93. The van der Waals surface area contributed by atoms with Gasteiger partial charge in [-0.15, -0.1) is 0 Å². The number of rotatable bonds is 4. The Morgan fingerprint density at radius 1 is 1.41 bits per heavy atom. The maximum absolute atomic E-state index is 5.38. The Morgan fingerprint density at radius 2 is 2.29 bits per heavy atom. The number of benzene rings is 1. The average molecular weight is 234 g/mol. The number of anilines is 1. The van der Waals surface area contributed by atoms with Gasteiger partial charge < -0.3 is 15.4 Å². The van der Waals surface area contributed by atoms with E-state index in [0.717, 1.165) is 24.5 Å². The van der Waals surface area contributed by atoms with Crippen LogP contribution in [0, 0.1) is 6.92 Å². The third kappa shape index (κ3) is 3.37. The van der Waals surface area contributed by atoms with Gasteiger partial charge >= 0.3 is 0 Å². The molecule has 1 atom stereocenters. The van der Waals surface area contributed by atoms with E-state index in [0.29, 0.717) is 6.04 Å². The minimum Gasteiger partial charge on any atom is -0.495 e. The SMILES string of the molecule is COc1cc(C)ccc1NCC1CCCCN1. The van der Waals surface area contributed by atoms with Crippen LogP contribution in [0.4, 0.5) is 5.69 Å². The summed E-state index contributed by atoms with van der Waals surface area (Å²) in [6, 6.07) is 6.86. The predicted molar refractivity (Wildman–Crippen MR) is 71.9 cm³/mol.